The summed E-state index contributed by atoms with van der Waals surface area (Å²) in [5.41, 5.74) is 8.76. The van der Waals surface area contributed by atoms with Gasteiger partial charge in [0.1, 0.15) is 0 Å². The number of benzene rings is 1. The van der Waals surface area contributed by atoms with Crippen LogP contribution in [0.4, 0.5) is 0 Å². The summed E-state index contributed by atoms with van der Waals surface area (Å²) in [5, 5.41) is 0. The molecule has 3 rings (SSSR count). The number of hydrogen-bond donors (Lipinski definition) is 1. The highest BCUT2D eigenvalue weighted by Crippen LogP contribution is 2.38. The molecule has 0 bridgehead atoms. The molecule has 0 saturated heterocycles. The SMILES string of the molecule is NC[C@H]1C[C@H]1CN1CCc2ccccc2C1. The predicted octanol–water partition coefficient (Wildman–Crippen LogP) is 1.64. The molecule has 2 nitrogen and oxygen atoms in total. The summed E-state index contributed by atoms with van der Waals surface area (Å²) in [6, 6.07) is 8.85. The van der Waals surface area contributed by atoms with Crippen LogP contribution in [0.5, 0.6) is 0 Å². The molecule has 2 N–H and O–H groups in total. The van der Waals surface area contributed by atoms with Gasteiger partial charge in [0, 0.05) is 19.6 Å². The Bertz CT molecular complexity index is 375. The molecule has 86 valence electrons. The number of fused-ring (bicyclic) bond motifs is 1. The molecule has 1 aromatic carbocycles. The fraction of sp³-hybridized carbons (Fsp3) is 0.571. The van der Waals surface area contributed by atoms with Crippen LogP contribution in [-0.2, 0) is 13.0 Å². The molecule has 1 aliphatic carbocycles. The minimum Gasteiger partial charge on any atom is -0.330 e. The topological polar surface area (TPSA) is 29.3 Å². The Balaban J connectivity index is 1.61. The maximum Gasteiger partial charge on any atom is 0.0236 e. The second-order valence-electron chi connectivity index (χ2n) is 5.25. The monoisotopic (exact) mass is 216 g/mol. The molecule has 16 heavy (non-hydrogen) atoms. The van der Waals surface area contributed by atoms with E-state index in [2.05, 4.69) is 29.2 Å². The second kappa shape index (κ2) is 4.19. The van der Waals surface area contributed by atoms with Crippen LogP contribution in [0.3, 0.4) is 0 Å². The van der Waals surface area contributed by atoms with E-state index < -0.39 is 0 Å². The van der Waals surface area contributed by atoms with Crippen molar-refractivity contribution < 1.29 is 0 Å². The lowest BCUT2D eigenvalue weighted by Gasteiger charge is -2.28. The third-order valence-corrected chi connectivity index (χ3v) is 4.07. The first-order chi connectivity index (χ1) is 7.86. The fourth-order valence-corrected chi connectivity index (χ4v) is 2.86. The Morgan fingerprint density at radius 2 is 2.00 bits per heavy atom. The van der Waals surface area contributed by atoms with Gasteiger partial charge in [-0.2, -0.15) is 0 Å². The molecule has 1 aliphatic heterocycles. The summed E-state index contributed by atoms with van der Waals surface area (Å²) in [4.78, 5) is 2.60. The van der Waals surface area contributed by atoms with E-state index >= 15 is 0 Å². The zero-order valence-electron chi connectivity index (χ0n) is 9.73. The maximum absolute atomic E-state index is 5.69. The largest absolute Gasteiger partial charge is 0.330 e. The normalized spacial score (nSPS) is 28.8. The zero-order valence-corrected chi connectivity index (χ0v) is 9.73. The van der Waals surface area contributed by atoms with Gasteiger partial charge in [-0.1, -0.05) is 24.3 Å². The highest BCUT2D eigenvalue weighted by atomic mass is 15.1. The standard InChI is InChI=1S/C14H20N2/c15-8-13-7-14(13)10-16-6-5-11-3-1-2-4-12(11)9-16/h1-4,13-14H,5-10,15H2/t13-,14+/m1/s1. The van der Waals surface area contributed by atoms with Crippen LogP contribution in [0.15, 0.2) is 24.3 Å². The van der Waals surface area contributed by atoms with E-state index in [1.807, 2.05) is 0 Å². The Labute approximate surface area is 97.4 Å². The van der Waals surface area contributed by atoms with E-state index in [-0.39, 0.29) is 0 Å². The van der Waals surface area contributed by atoms with Crippen molar-refractivity contribution in [2.45, 2.75) is 19.4 Å². The van der Waals surface area contributed by atoms with Gasteiger partial charge in [0.15, 0.2) is 0 Å². The third kappa shape index (κ3) is 2.00. The fourth-order valence-electron chi connectivity index (χ4n) is 2.86. The van der Waals surface area contributed by atoms with Crippen molar-refractivity contribution in [3.8, 4) is 0 Å². The number of rotatable bonds is 3. The van der Waals surface area contributed by atoms with Gasteiger partial charge in [0.25, 0.3) is 0 Å². The molecule has 1 saturated carbocycles. The van der Waals surface area contributed by atoms with E-state index in [1.165, 1.54) is 31.5 Å². The van der Waals surface area contributed by atoms with E-state index in [0.717, 1.165) is 24.9 Å². The van der Waals surface area contributed by atoms with E-state index in [0.29, 0.717) is 0 Å². The van der Waals surface area contributed by atoms with Gasteiger partial charge in [0.05, 0.1) is 0 Å². The Morgan fingerprint density at radius 1 is 1.19 bits per heavy atom. The lowest BCUT2D eigenvalue weighted by molar-refractivity contribution is 0.239. The lowest BCUT2D eigenvalue weighted by atomic mass is 10.00. The smallest absolute Gasteiger partial charge is 0.0236 e. The van der Waals surface area contributed by atoms with E-state index in [4.69, 9.17) is 5.73 Å². The summed E-state index contributed by atoms with van der Waals surface area (Å²) in [6.45, 7) is 4.51. The van der Waals surface area contributed by atoms with Crippen molar-refractivity contribution in [1.29, 1.82) is 0 Å². The average Bonchev–Trinajstić information content (AvgIpc) is 3.07. The first-order valence-corrected chi connectivity index (χ1v) is 6.36. The van der Waals surface area contributed by atoms with Crippen LogP contribution in [0.2, 0.25) is 0 Å². The van der Waals surface area contributed by atoms with Crippen LogP contribution in [0.1, 0.15) is 17.5 Å². The van der Waals surface area contributed by atoms with Gasteiger partial charge >= 0.3 is 0 Å². The lowest BCUT2D eigenvalue weighted by Crippen LogP contribution is -2.32. The molecule has 2 heteroatoms. The zero-order chi connectivity index (χ0) is 11.0. The minimum absolute atomic E-state index is 0.817. The van der Waals surface area contributed by atoms with Crippen LogP contribution < -0.4 is 5.73 Å². The van der Waals surface area contributed by atoms with Crippen LogP contribution in [0, 0.1) is 11.8 Å². The number of hydrogen-bond acceptors (Lipinski definition) is 2. The highest BCUT2D eigenvalue weighted by molar-refractivity contribution is 5.29. The van der Waals surface area contributed by atoms with Gasteiger partial charge in [-0.3, -0.25) is 4.90 Å². The predicted molar refractivity (Wildman–Crippen MR) is 66.1 cm³/mol. The quantitative estimate of drug-likeness (QED) is 0.832. The summed E-state index contributed by atoms with van der Waals surface area (Å²) in [6.07, 6.45) is 2.57. The van der Waals surface area contributed by atoms with Gasteiger partial charge in [0.2, 0.25) is 0 Å². The molecule has 0 radical (unpaired) electrons. The number of nitrogens with zero attached hydrogens (tertiary/aromatic N) is 1. The Kier molecular flexibility index (Phi) is 2.70. The molecule has 0 amide bonds. The van der Waals surface area contributed by atoms with Crippen LogP contribution in [0.25, 0.3) is 0 Å². The Hall–Kier alpha value is -0.860. The summed E-state index contributed by atoms with van der Waals surface area (Å²) in [5.74, 6) is 1.70. The van der Waals surface area contributed by atoms with Crippen LogP contribution >= 0.6 is 0 Å². The second-order valence-corrected chi connectivity index (χ2v) is 5.25. The van der Waals surface area contributed by atoms with Crippen molar-refractivity contribution in [1.82, 2.24) is 4.90 Å². The molecule has 0 aromatic heterocycles. The van der Waals surface area contributed by atoms with Crippen molar-refractivity contribution in [3.63, 3.8) is 0 Å². The first kappa shape index (κ1) is 10.3. The number of nitrogens with two attached hydrogens (primary N) is 1. The molecule has 0 unspecified atom stereocenters. The average molecular weight is 216 g/mol. The van der Waals surface area contributed by atoms with Crippen molar-refractivity contribution in [2.75, 3.05) is 19.6 Å². The van der Waals surface area contributed by atoms with Gasteiger partial charge in [-0.25, -0.2) is 0 Å². The van der Waals surface area contributed by atoms with E-state index in [9.17, 15) is 0 Å². The molecule has 1 aromatic rings. The highest BCUT2D eigenvalue weighted by Gasteiger charge is 2.37. The summed E-state index contributed by atoms with van der Waals surface area (Å²) >= 11 is 0. The molecule has 2 atom stereocenters. The molecule has 1 fully saturated rings. The first-order valence-electron chi connectivity index (χ1n) is 6.36. The summed E-state index contributed by atoms with van der Waals surface area (Å²) < 4.78 is 0. The molecule has 0 spiro atoms. The molecular weight excluding hydrogens is 196 g/mol. The van der Waals surface area contributed by atoms with Crippen molar-refractivity contribution in [3.05, 3.63) is 35.4 Å². The van der Waals surface area contributed by atoms with Gasteiger partial charge in [-0.15, -0.1) is 0 Å². The molecule has 2 aliphatic rings. The summed E-state index contributed by atoms with van der Waals surface area (Å²) in [7, 11) is 0. The Morgan fingerprint density at radius 3 is 2.75 bits per heavy atom. The van der Waals surface area contributed by atoms with Crippen molar-refractivity contribution >= 4 is 0 Å². The van der Waals surface area contributed by atoms with E-state index in [1.54, 1.807) is 5.56 Å². The maximum atomic E-state index is 5.69. The van der Waals surface area contributed by atoms with Gasteiger partial charge in [-0.05, 0) is 42.3 Å². The van der Waals surface area contributed by atoms with Gasteiger partial charge < -0.3 is 5.73 Å². The minimum atomic E-state index is 0.817. The molecular formula is C14H20N2. The van der Waals surface area contributed by atoms with Crippen molar-refractivity contribution in [2.24, 2.45) is 17.6 Å². The van der Waals surface area contributed by atoms with Crippen LogP contribution in [-0.4, -0.2) is 24.5 Å². The molecule has 1 heterocycles. The third-order valence-electron chi connectivity index (χ3n) is 4.07.